The summed E-state index contributed by atoms with van der Waals surface area (Å²) in [6, 6.07) is 9.05. The molecule has 4 N–H and O–H groups in total. The zero-order valence-corrected chi connectivity index (χ0v) is 15.7. The van der Waals surface area contributed by atoms with Crippen LogP contribution in [-0.2, 0) is 0 Å². The fourth-order valence-electron chi connectivity index (χ4n) is 3.33. The number of aromatic hydroxyl groups is 1. The van der Waals surface area contributed by atoms with Crippen molar-refractivity contribution in [2.45, 2.75) is 12.6 Å². The van der Waals surface area contributed by atoms with Crippen LogP contribution in [0.3, 0.4) is 0 Å². The number of phenolic OH excluding ortho intramolecular Hbond substituents is 1. The summed E-state index contributed by atoms with van der Waals surface area (Å²) in [6.45, 7) is 1.22. The minimum Gasteiger partial charge on any atom is -0.507 e. The van der Waals surface area contributed by atoms with Crippen molar-refractivity contribution in [3.63, 3.8) is 0 Å². The third kappa shape index (κ3) is 2.66. The van der Waals surface area contributed by atoms with Gasteiger partial charge in [0.15, 0.2) is 23.6 Å². The Morgan fingerprint density at radius 3 is 2.74 bits per heavy atom. The summed E-state index contributed by atoms with van der Waals surface area (Å²) in [7, 11) is 0. The molecule has 2 aliphatic rings. The molecule has 1 atom stereocenters. The number of nitrogens with one attached hydrogen (secondary N) is 1. The molecule has 5 rings (SSSR count). The number of aromatic nitrogens is 2. The number of imidazole rings is 1. The number of hydrogen-bond donors (Lipinski definition) is 3. The number of nitrogens with zero attached hydrogens (tertiary/aromatic N) is 3. The van der Waals surface area contributed by atoms with Crippen molar-refractivity contribution in [1.82, 2.24) is 9.55 Å². The number of guanidine groups is 1. The summed E-state index contributed by atoms with van der Waals surface area (Å²) in [5.41, 5.74) is 8.46. The van der Waals surface area contributed by atoms with Gasteiger partial charge in [0.2, 0.25) is 5.95 Å². The Balaban J connectivity index is 1.71. The van der Waals surface area contributed by atoms with Gasteiger partial charge in [0, 0.05) is 18.6 Å². The van der Waals surface area contributed by atoms with Gasteiger partial charge in [-0.2, -0.15) is 0 Å². The van der Waals surface area contributed by atoms with E-state index in [4.69, 9.17) is 15.2 Å². The molecule has 1 aromatic heterocycles. The molecular weight excluding hydrogens is 414 g/mol. The van der Waals surface area contributed by atoms with Gasteiger partial charge in [-0.1, -0.05) is 6.07 Å². The maximum Gasteiger partial charge on any atom is 0.212 e. The molecule has 2 aromatic carbocycles. The van der Waals surface area contributed by atoms with E-state index < -0.39 is 6.17 Å². The van der Waals surface area contributed by atoms with E-state index in [2.05, 4.69) is 31.2 Å². The van der Waals surface area contributed by atoms with Crippen LogP contribution in [0.4, 0.5) is 5.95 Å². The first kappa shape index (κ1) is 16.2. The third-order valence-electron chi connectivity index (χ3n) is 4.57. The van der Waals surface area contributed by atoms with Crippen LogP contribution in [0.25, 0.3) is 11.0 Å². The highest BCUT2D eigenvalue weighted by Gasteiger charge is 2.27. The van der Waals surface area contributed by atoms with E-state index >= 15 is 0 Å². The van der Waals surface area contributed by atoms with Crippen LogP contribution >= 0.6 is 15.9 Å². The van der Waals surface area contributed by atoms with Crippen LogP contribution in [0, 0.1) is 0 Å². The molecule has 0 unspecified atom stereocenters. The molecule has 0 radical (unpaired) electrons. The minimum absolute atomic E-state index is 0.163. The van der Waals surface area contributed by atoms with Crippen molar-refractivity contribution in [3.8, 4) is 17.2 Å². The number of phenols is 1. The number of hydrogen-bond acceptors (Lipinski definition) is 7. The summed E-state index contributed by atoms with van der Waals surface area (Å²) in [5, 5.41) is 12.8. The van der Waals surface area contributed by atoms with Crippen molar-refractivity contribution in [1.29, 1.82) is 0 Å². The Morgan fingerprint density at radius 2 is 1.96 bits per heavy atom. The molecule has 2 aliphatic heterocycles. The van der Waals surface area contributed by atoms with Crippen molar-refractivity contribution in [3.05, 3.63) is 40.4 Å². The number of nitrogens with two attached hydrogens (primary N) is 1. The van der Waals surface area contributed by atoms with Crippen LogP contribution in [0.5, 0.6) is 17.2 Å². The Labute approximate surface area is 162 Å². The van der Waals surface area contributed by atoms with E-state index in [0.29, 0.717) is 35.1 Å². The standard InChI is InChI=1S/C18H16BrN5O3/c19-10-6-9(2-3-13(10)25)16-22-17(20)23-18-21-11-7-14-15(8-12(11)24(16)18)27-5-1-4-26-14/h2-3,6-8,16,25H,1,4-5H2,(H3,20,21,22,23)/t16-/m1/s1. The average molecular weight is 430 g/mol. The molecule has 9 heteroatoms. The molecule has 0 bridgehead atoms. The molecule has 3 aromatic rings. The Kier molecular flexibility index (Phi) is 3.64. The SMILES string of the molecule is NC1=N[C@@H](c2ccc(O)c(Br)c2)n2c(nc3cc4c(cc32)OCCCO4)N1. The number of ether oxygens (including phenoxy) is 2. The van der Waals surface area contributed by atoms with Gasteiger partial charge in [-0.15, -0.1) is 0 Å². The summed E-state index contributed by atoms with van der Waals surface area (Å²) in [5.74, 6) is 2.41. The smallest absolute Gasteiger partial charge is 0.212 e. The lowest BCUT2D eigenvalue weighted by molar-refractivity contribution is 0.297. The van der Waals surface area contributed by atoms with Gasteiger partial charge in [-0.3, -0.25) is 9.88 Å². The maximum atomic E-state index is 9.81. The first-order valence-corrected chi connectivity index (χ1v) is 9.30. The second kappa shape index (κ2) is 6.05. The third-order valence-corrected chi connectivity index (χ3v) is 5.21. The van der Waals surface area contributed by atoms with E-state index in [-0.39, 0.29) is 11.7 Å². The molecule has 0 saturated carbocycles. The first-order valence-electron chi connectivity index (χ1n) is 8.50. The van der Waals surface area contributed by atoms with Gasteiger partial charge >= 0.3 is 0 Å². The summed E-state index contributed by atoms with van der Waals surface area (Å²) in [6.07, 6.45) is 0.414. The molecule has 0 spiro atoms. The molecule has 27 heavy (non-hydrogen) atoms. The highest BCUT2D eigenvalue weighted by Crippen LogP contribution is 2.39. The lowest BCUT2D eigenvalue weighted by Crippen LogP contribution is -2.31. The summed E-state index contributed by atoms with van der Waals surface area (Å²) < 4.78 is 14.1. The van der Waals surface area contributed by atoms with E-state index in [1.54, 1.807) is 6.07 Å². The van der Waals surface area contributed by atoms with Crippen molar-refractivity contribution >= 4 is 38.9 Å². The summed E-state index contributed by atoms with van der Waals surface area (Å²) >= 11 is 3.36. The predicted molar refractivity (Wildman–Crippen MR) is 105 cm³/mol. The number of rotatable bonds is 1. The van der Waals surface area contributed by atoms with E-state index in [1.165, 1.54) is 0 Å². The van der Waals surface area contributed by atoms with Crippen LogP contribution in [0.1, 0.15) is 18.2 Å². The maximum absolute atomic E-state index is 9.81. The Morgan fingerprint density at radius 1 is 1.19 bits per heavy atom. The molecule has 0 amide bonds. The highest BCUT2D eigenvalue weighted by molar-refractivity contribution is 9.10. The van der Waals surface area contributed by atoms with Gasteiger partial charge < -0.3 is 20.3 Å². The lowest BCUT2D eigenvalue weighted by Gasteiger charge is -2.24. The average Bonchev–Trinajstić information content (AvgIpc) is 2.83. The van der Waals surface area contributed by atoms with Crippen molar-refractivity contribution in [2.75, 3.05) is 18.5 Å². The number of anilines is 1. The van der Waals surface area contributed by atoms with Crippen LogP contribution in [-0.4, -0.2) is 33.8 Å². The highest BCUT2D eigenvalue weighted by atomic mass is 79.9. The van der Waals surface area contributed by atoms with Crippen LogP contribution < -0.4 is 20.5 Å². The van der Waals surface area contributed by atoms with Gasteiger partial charge in [0.05, 0.1) is 28.7 Å². The van der Waals surface area contributed by atoms with Gasteiger partial charge in [0.1, 0.15) is 5.75 Å². The van der Waals surface area contributed by atoms with Crippen molar-refractivity contribution in [2.24, 2.45) is 10.7 Å². The van der Waals surface area contributed by atoms with E-state index in [0.717, 1.165) is 23.0 Å². The molecule has 0 aliphatic carbocycles. The number of halogens is 1. The normalized spacial score (nSPS) is 18.4. The zero-order chi connectivity index (χ0) is 18.5. The number of fused-ring (bicyclic) bond motifs is 4. The Hall–Kier alpha value is -2.94. The fourth-order valence-corrected chi connectivity index (χ4v) is 3.73. The van der Waals surface area contributed by atoms with Gasteiger partial charge in [-0.05, 0) is 33.6 Å². The van der Waals surface area contributed by atoms with E-state index in [1.807, 2.05) is 28.8 Å². The molecule has 138 valence electrons. The lowest BCUT2D eigenvalue weighted by atomic mass is 10.1. The van der Waals surface area contributed by atoms with Crippen LogP contribution in [0.15, 0.2) is 39.8 Å². The molecule has 8 nitrogen and oxygen atoms in total. The molecule has 3 heterocycles. The minimum atomic E-state index is -0.423. The van der Waals surface area contributed by atoms with Gasteiger partial charge in [0.25, 0.3) is 0 Å². The predicted octanol–water partition coefficient (Wildman–Crippen LogP) is 2.95. The monoisotopic (exact) mass is 429 g/mol. The topological polar surface area (TPSA) is 107 Å². The quantitative estimate of drug-likeness (QED) is 0.548. The first-order chi connectivity index (χ1) is 13.1. The fraction of sp³-hybridized carbons (Fsp3) is 0.222. The van der Waals surface area contributed by atoms with Gasteiger partial charge in [-0.25, -0.2) is 9.98 Å². The molecule has 0 fully saturated rings. The van der Waals surface area contributed by atoms with E-state index in [9.17, 15) is 5.11 Å². The van der Waals surface area contributed by atoms with Crippen molar-refractivity contribution < 1.29 is 14.6 Å². The number of benzene rings is 2. The van der Waals surface area contributed by atoms with Crippen LogP contribution in [0.2, 0.25) is 0 Å². The Bertz CT molecular complexity index is 1090. The number of aliphatic imine (C=N–C) groups is 1. The second-order valence-corrected chi connectivity index (χ2v) is 7.22. The summed E-state index contributed by atoms with van der Waals surface area (Å²) in [4.78, 5) is 9.20. The second-order valence-electron chi connectivity index (χ2n) is 6.37. The molecular formula is C18H16BrN5O3. The largest absolute Gasteiger partial charge is 0.507 e. The molecule has 0 saturated heterocycles. The zero-order valence-electron chi connectivity index (χ0n) is 14.1.